The second-order valence-corrected chi connectivity index (χ2v) is 7.33. The zero-order valence-corrected chi connectivity index (χ0v) is 14.1. The van der Waals surface area contributed by atoms with Crippen LogP contribution in [0.1, 0.15) is 63.3 Å². The van der Waals surface area contributed by atoms with Gasteiger partial charge in [0.05, 0.1) is 0 Å². The van der Waals surface area contributed by atoms with E-state index in [1.54, 1.807) is 0 Å². The van der Waals surface area contributed by atoms with Gasteiger partial charge in [-0.1, -0.05) is 26.7 Å². The molecule has 2 saturated carbocycles. The number of carbonyl (C=O) groups is 1. The smallest absolute Gasteiger partial charge is 0.351 e. The first kappa shape index (κ1) is 17.3. The van der Waals surface area contributed by atoms with E-state index in [1.165, 1.54) is 4.68 Å². The molecule has 0 aromatic carbocycles. The van der Waals surface area contributed by atoms with Crippen molar-refractivity contribution < 1.29 is 18.0 Å². The summed E-state index contributed by atoms with van der Waals surface area (Å²) in [7, 11) is 0. The fraction of sp³-hybridized carbons (Fsp3) is 0.765. The molecule has 1 N–H and O–H groups in total. The van der Waals surface area contributed by atoms with Crippen molar-refractivity contribution in [3.8, 4) is 0 Å². The summed E-state index contributed by atoms with van der Waals surface area (Å²) in [5, 5.41) is 6.64. The number of carbonyl (C=O) groups excluding carboxylic acids is 1. The Hall–Kier alpha value is -1.53. The molecule has 4 nitrogen and oxygen atoms in total. The van der Waals surface area contributed by atoms with E-state index in [1.807, 2.05) is 0 Å². The fourth-order valence-corrected chi connectivity index (χ4v) is 3.58. The highest BCUT2D eigenvalue weighted by Gasteiger charge is 2.38. The van der Waals surface area contributed by atoms with E-state index in [-0.39, 0.29) is 24.4 Å². The minimum atomic E-state index is -4.47. The third-order valence-corrected chi connectivity index (χ3v) is 5.44. The molecule has 0 radical (unpaired) electrons. The lowest BCUT2D eigenvalue weighted by Crippen LogP contribution is -2.45. The van der Waals surface area contributed by atoms with E-state index in [2.05, 4.69) is 24.3 Å². The van der Waals surface area contributed by atoms with Crippen LogP contribution in [0.25, 0.3) is 0 Å². The van der Waals surface area contributed by atoms with E-state index < -0.39 is 11.9 Å². The fourth-order valence-electron chi connectivity index (χ4n) is 3.58. The summed E-state index contributed by atoms with van der Waals surface area (Å²) in [6, 6.07) is 1.19. The molecule has 2 aliphatic rings. The number of nitrogens with one attached hydrogen (secondary N) is 1. The highest BCUT2D eigenvalue weighted by atomic mass is 19.4. The second-order valence-electron chi connectivity index (χ2n) is 7.33. The second kappa shape index (κ2) is 6.41. The molecule has 0 unspecified atom stereocenters. The van der Waals surface area contributed by atoms with Gasteiger partial charge in [0.1, 0.15) is 6.54 Å². The molecule has 0 aliphatic heterocycles. The average molecular weight is 343 g/mol. The van der Waals surface area contributed by atoms with E-state index in [0.29, 0.717) is 17.5 Å². The molecule has 1 aromatic rings. The normalized spacial score (nSPS) is 28.0. The molecular formula is C17H24F3N3O. The maximum Gasteiger partial charge on any atom is 0.435 e. The number of hydrogen-bond donors (Lipinski definition) is 1. The van der Waals surface area contributed by atoms with Crippen LogP contribution in [0.5, 0.6) is 0 Å². The summed E-state index contributed by atoms with van der Waals surface area (Å²) in [6.07, 6.45) is 0.416. The lowest BCUT2D eigenvalue weighted by atomic mass is 9.78. The molecule has 3 rings (SSSR count). The van der Waals surface area contributed by atoms with Crippen LogP contribution in [0.15, 0.2) is 6.07 Å². The van der Waals surface area contributed by atoms with Crippen molar-refractivity contribution in [2.24, 2.45) is 11.8 Å². The lowest BCUT2D eigenvalue weighted by Gasteiger charge is -2.34. The van der Waals surface area contributed by atoms with Crippen LogP contribution >= 0.6 is 0 Å². The minimum absolute atomic E-state index is 0.100. The zero-order valence-electron chi connectivity index (χ0n) is 14.1. The number of hydrogen-bond acceptors (Lipinski definition) is 2. The van der Waals surface area contributed by atoms with E-state index in [9.17, 15) is 18.0 Å². The summed E-state index contributed by atoms with van der Waals surface area (Å²) < 4.78 is 39.9. The highest BCUT2D eigenvalue weighted by Crippen LogP contribution is 2.42. The zero-order chi connectivity index (χ0) is 17.5. The molecule has 0 bridgehead atoms. The third-order valence-electron chi connectivity index (χ3n) is 5.44. The predicted molar refractivity (Wildman–Crippen MR) is 83.3 cm³/mol. The largest absolute Gasteiger partial charge is 0.435 e. The van der Waals surface area contributed by atoms with Crippen LogP contribution in [0, 0.1) is 11.8 Å². The number of alkyl halides is 3. The molecule has 24 heavy (non-hydrogen) atoms. The Bertz CT molecular complexity index is 607. The van der Waals surface area contributed by atoms with Gasteiger partial charge < -0.3 is 5.32 Å². The van der Waals surface area contributed by atoms with Crippen molar-refractivity contribution in [3.63, 3.8) is 0 Å². The Morgan fingerprint density at radius 2 is 2.00 bits per heavy atom. The van der Waals surface area contributed by atoms with E-state index in [4.69, 9.17) is 0 Å². The van der Waals surface area contributed by atoms with Gasteiger partial charge in [0.2, 0.25) is 5.91 Å². The Balaban J connectivity index is 1.69. The van der Waals surface area contributed by atoms with Crippen LogP contribution in [-0.2, 0) is 17.5 Å². The van der Waals surface area contributed by atoms with Crippen LogP contribution in [0.4, 0.5) is 13.2 Å². The van der Waals surface area contributed by atoms with E-state index in [0.717, 1.165) is 38.2 Å². The molecule has 2 fully saturated rings. The van der Waals surface area contributed by atoms with Crippen molar-refractivity contribution in [1.82, 2.24) is 15.1 Å². The van der Waals surface area contributed by atoms with E-state index >= 15 is 0 Å². The number of nitrogens with zero attached hydrogens (tertiary/aromatic N) is 2. The van der Waals surface area contributed by atoms with Gasteiger partial charge in [-0.05, 0) is 37.2 Å². The number of aromatic nitrogens is 2. The van der Waals surface area contributed by atoms with Crippen molar-refractivity contribution in [3.05, 3.63) is 17.5 Å². The topological polar surface area (TPSA) is 46.9 Å². The number of halogens is 3. The third kappa shape index (κ3) is 3.75. The lowest BCUT2D eigenvalue weighted by molar-refractivity contribution is -0.141. The summed E-state index contributed by atoms with van der Waals surface area (Å²) in [6.45, 7) is 4.16. The van der Waals surface area contributed by atoms with Gasteiger partial charge in [-0.2, -0.15) is 18.3 Å². The molecule has 1 aromatic heterocycles. The Morgan fingerprint density at radius 1 is 1.29 bits per heavy atom. The predicted octanol–water partition coefficient (Wildman–Crippen LogP) is 3.72. The van der Waals surface area contributed by atoms with Crippen LogP contribution in [0.3, 0.4) is 0 Å². The van der Waals surface area contributed by atoms with Gasteiger partial charge >= 0.3 is 6.18 Å². The summed E-state index contributed by atoms with van der Waals surface area (Å²) in [5.74, 6) is 0.788. The summed E-state index contributed by atoms with van der Waals surface area (Å²) >= 11 is 0. The van der Waals surface area contributed by atoms with Gasteiger partial charge in [0.15, 0.2) is 5.69 Å². The van der Waals surface area contributed by atoms with Gasteiger partial charge in [0.25, 0.3) is 0 Å². The van der Waals surface area contributed by atoms with Gasteiger partial charge in [-0.25, -0.2) is 0 Å². The monoisotopic (exact) mass is 343 g/mol. The quantitative estimate of drug-likeness (QED) is 0.906. The Labute approximate surface area is 139 Å². The number of amides is 1. The molecule has 7 heteroatoms. The van der Waals surface area contributed by atoms with Crippen LogP contribution < -0.4 is 5.32 Å². The van der Waals surface area contributed by atoms with Gasteiger partial charge in [-0.15, -0.1) is 0 Å². The Kier molecular flexibility index (Phi) is 4.62. The first-order chi connectivity index (χ1) is 11.3. The van der Waals surface area contributed by atoms with Crippen molar-refractivity contribution in [2.45, 2.75) is 70.6 Å². The summed E-state index contributed by atoms with van der Waals surface area (Å²) in [4.78, 5) is 12.3. The minimum Gasteiger partial charge on any atom is -0.351 e. The Morgan fingerprint density at radius 3 is 2.62 bits per heavy atom. The molecule has 0 spiro atoms. The molecule has 0 saturated heterocycles. The number of rotatable bonds is 4. The highest BCUT2D eigenvalue weighted by molar-refractivity contribution is 5.76. The van der Waals surface area contributed by atoms with Crippen LogP contribution in [0.2, 0.25) is 0 Å². The SMILES string of the molecule is C[C@H]1[C@H](C)CCC[C@@H]1NC(=O)Cn1nc(C(F)(F)F)cc1C1CC1. The average Bonchev–Trinajstić information content (AvgIpc) is 3.24. The molecule has 1 heterocycles. The van der Waals surface area contributed by atoms with Gasteiger partial charge in [0, 0.05) is 17.7 Å². The molecule has 134 valence electrons. The van der Waals surface area contributed by atoms with Crippen molar-refractivity contribution >= 4 is 5.91 Å². The molecule has 2 aliphatic carbocycles. The molecular weight excluding hydrogens is 319 g/mol. The first-order valence-electron chi connectivity index (χ1n) is 8.70. The molecule has 1 amide bonds. The van der Waals surface area contributed by atoms with Crippen molar-refractivity contribution in [2.75, 3.05) is 0 Å². The summed E-state index contributed by atoms with van der Waals surface area (Å²) in [5.41, 5.74) is -0.376. The van der Waals surface area contributed by atoms with Crippen molar-refractivity contribution in [1.29, 1.82) is 0 Å². The maximum atomic E-state index is 12.9. The first-order valence-corrected chi connectivity index (χ1v) is 8.70. The maximum absolute atomic E-state index is 12.9. The molecule has 3 atom stereocenters. The van der Waals surface area contributed by atoms with Crippen LogP contribution in [-0.4, -0.2) is 21.7 Å². The standard InChI is InChI=1S/C17H24F3N3O/c1-10-4-3-5-13(11(10)2)21-16(24)9-23-14(12-6-7-12)8-15(22-23)17(18,19)20/h8,10-13H,3-7,9H2,1-2H3,(H,21,24)/t10-,11+,13+/m1/s1. The van der Waals surface area contributed by atoms with Gasteiger partial charge in [-0.3, -0.25) is 9.48 Å².